The lowest BCUT2D eigenvalue weighted by atomic mass is 9.94. The van der Waals surface area contributed by atoms with Gasteiger partial charge in [0.25, 0.3) is 0 Å². The molecule has 1 fully saturated rings. The fourth-order valence-electron chi connectivity index (χ4n) is 1.19. The smallest absolute Gasteiger partial charge is 0.200 e. The van der Waals surface area contributed by atoms with Gasteiger partial charge in [-0.3, -0.25) is 4.79 Å². The molecule has 1 saturated heterocycles. The average molecular weight is 155 g/mol. The number of rotatable bonds is 0. The van der Waals surface area contributed by atoms with Crippen LogP contribution in [-0.2, 0) is 0 Å². The van der Waals surface area contributed by atoms with E-state index >= 15 is 0 Å². The summed E-state index contributed by atoms with van der Waals surface area (Å²) < 4.78 is 13.1. The minimum Gasteiger partial charge on any atom is -0.352 e. The fraction of sp³-hybridized carbons (Fsp3) is 0.857. The van der Waals surface area contributed by atoms with Crippen molar-refractivity contribution in [2.45, 2.75) is 25.4 Å². The molecule has 0 bridgehead atoms. The molecule has 0 aromatic carbocycles. The van der Waals surface area contributed by atoms with E-state index in [9.17, 15) is 9.18 Å². The lowest BCUT2D eigenvalue weighted by molar-refractivity contribution is 0.0936. The van der Waals surface area contributed by atoms with Crippen molar-refractivity contribution in [3.05, 3.63) is 0 Å². The van der Waals surface area contributed by atoms with E-state index in [0.29, 0.717) is 25.9 Å². The first kappa shape index (κ1) is 8.56. The van der Waals surface area contributed by atoms with E-state index in [1.165, 1.54) is 4.90 Å². The van der Waals surface area contributed by atoms with Gasteiger partial charge in [0.15, 0.2) is 5.81 Å². The summed E-state index contributed by atoms with van der Waals surface area (Å²) in [5.41, 5.74) is -1.11. The summed E-state index contributed by atoms with van der Waals surface area (Å²) >= 11 is 0. The molecule has 2 radical (unpaired) electrons. The molecular formula is C7H11BFNO. The quantitative estimate of drug-likeness (QED) is 0.479. The van der Waals surface area contributed by atoms with Crippen LogP contribution in [0.4, 0.5) is 9.18 Å². The van der Waals surface area contributed by atoms with E-state index in [-0.39, 0.29) is 0 Å². The van der Waals surface area contributed by atoms with Crippen LogP contribution in [0.15, 0.2) is 0 Å². The molecule has 4 heteroatoms. The molecule has 0 aromatic rings. The molecule has 1 aliphatic heterocycles. The zero-order chi connectivity index (χ0) is 8.48. The molecule has 11 heavy (non-hydrogen) atoms. The van der Waals surface area contributed by atoms with Gasteiger partial charge in [0, 0.05) is 13.1 Å². The minimum absolute atomic E-state index is 0.399. The van der Waals surface area contributed by atoms with Gasteiger partial charge in [0.2, 0.25) is 7.85 Å². The second-order valence-electron chi connectivity index (χ2n) is 3.24. The van der Waals surface area contributed by atoms with Crippen molar-refractivity contribution in [1.29, 1.82) is 0 Å². The van der Waals surface area contributed by atoms with Gasteiger partial charge in [-0.25, -0.2) is 4.39 Å². The third-order valence-electron chi connectivity index (χ3n) is 2.12. The zero-order valence-electron chi connectivity index (χ0n) is 6.64. The normalized spacial score (nSPS) is 23.3. The molecule has 1 rings (SSSR count). The highest BCUT2D eigenvalue weighted by molar-refractivity contribution is 6.56. The van der Waals surface area contributed by atoms with Crippen LogP contribution in [0.3, 0.4) is 0 Å². The average Bonchev–Trinajstić information content (AvgIpc) is 1.86. The van der Waals surface area contributed by atoms with Crippen molar-refractivity contribution in [3.8, 4) is 0 Å². The van der Waals surface area contributed by atoms with Crippen LogP contribution in [0, 0.1) is 0 Å². The van der Waals surface area contributed by atoms with E-state index in [2.05, 4.69) is 0 Å². The van der Waals surface area contributed by atoms with Crippen molar-refractivity contribution in [3.63, 3.8) is 0 Å². The molecular weight excluding hydrogens is 144 g/mol. The largest absolute Gasteiger partial charge is 0.352 e. The van der Waals surface area contributed by atoms with E-state index in [4.69, 9.17) is 7.85 Å². The van der Waals surface area contributed by atoms with Gasteiger partial charge in [-0.05, 0) is 19.8 Å². The Morgan fingerprint density at radius 3 is 2.36 bits per heavy atom. The molecule has 0 unspecified atom stereocenters. The fourth-order valence-corrected chi connectivity index (χ4v) is 1.19. The highest BCUT2D eigenvalue weighted by Crippen LogP contribution is 2.25. The second kappa shape index (κ2) is 2.84. The highest BCUT2D eigenvalue weighted by atomic mass is 19.1. The van der Waals surface area contributed by atoms with Gasteiger partial charge in [0.05, 0.1) is 0 Å². The number of likely N-dealkylation sites (tertiary alicyclic amines) is 1. The van der Waals surface area contributed by atoms with Crippen LogP contribution in [0.2, 0.25) is 0 Å². The number of carbonyl (C=O) groups is 1. The van der Waals surface area contributed by atoms with Crippen LogP contribution in [0.5, 0.6) is 0 Å². The SMILES string of the molecule is [B]C(=O)N1CCC(C)(F)CC1. The molecule has 0 aromatic heterocycles. The predicted molar refractivity (Wildman–Crippen MR) is 41.5 cm³/mol. The maximum Gasteiger partial charge on any atom is 0.200 e. The van der Waals surface area contributed by atoms with Crippen LogP contribution in [0.1, 0.15) is 19.8 Å². The minimum atomic E-state index is -1.11. The molecule has 0 atom stereocenters. The molecule has 2 nitrogen and oxygen atoms in total. The number of alkyl halides is 1. The lowest BCUT2D eigenvalue weighted by Gasteiger charge is -2.33. The monoisotopic (exact) mass is 155 g/mol. The first-order valence-corrected chi connectivity index (χ1v) is 3.74. The second-order valence-corrected chi connectivity index (χ2v) is 3.24. The molecule has 0 N–H and O–H groups in total. The third-order valence-corrected chi connectivity index (χ3v) is 2.12. The van der Waals surface area contributed by atoms with E-state index in [1.807, 2.05) is 0 Å². The number of carbonyl (C=O) groups excluding carboxylic acids is 1. The van der Waals surface area contributed by atoms with E-state index < -0.39 is 11.5 Å². The Balaban J connectivity index is 2.42. The van der Waals surface area contributed by atoms with Gasteiger partial charge in [-0.2, -0.15) is 0 Å². The molecule has 60 valence electrons. The molecule has 0 aliphatic carbocycles. The van der Waals surface area contributed by atoms with Gasteiger partial charge < -0.3 is 4.90 Å². The van der Waals surface area contributed by atoms with E-state index in [0.717, 1.165) is 0 Å². The summed E-state index contributed by atoms with van der Waals surface area (Å²) in [6.45, 7) is 2.45. The number of amides is 1. The molecule has 1 aliphatic rings. The zero-order valence-corrected chi connectivity index (χ0v) is 6.64. The third kappa shape index (κ3) is 2.21. The summed E-state index contributed by atoms with van der Waals surface area (Å²) in [4.78, 5) is 12.1. The molecule has 1 amide bonds. The number of hydrogen-bond acceptors (Lipinski definition) is 1. The molecule has 0 spiro atoms. The Labute approximate surface area is 67.2 Å². The van der Waals surface area contributed by atoms with Crippen molar-refractivity contribution in [1.82, 2.24) is 4.90 Å². The summed E-state index contributed by atoms with van der Waals surface area (Å²) in [6.07, 6.45) is 0.797. The Hall–Kier alpha value is -0.535. The molecule has 0 saturated carbocycles. The Kier molecular flexibility index (Phi) is 2.21. The Morgan fingerprint density at radius 1 is 1.55 bits per heavy atom. The first-order valence-electron chi connectivity index (χ1n) is 3.74. The van der Waals surface area contributed by atoms with Crippen molar-refractivity contribution >= 4 is 13.7 Å². The van der Waals surface area contributed by atoms with E-state index in [1.54, 1.807) is 6.92 Å². The Bertz CT molecular complexity index is 162. The van der Waals surface area contributed by atoms with Gasteiger partial charge in [-0.15, -0.1) is 0 Å². The predicted octanol–water partition coefficient (Wildman–Crippen LogP) is 1.10. The summed E-state index contributed by atoms with van der Waals surface area (Å²) in [6, 6.07) is 0. The maximum atomic E-state index is 13.1. The summed E-state index contributed by atoms with van der Waals surface area (Å²) in [7, 11) is 5.02. The van der Waals surface area contributed by atoms with Crippen LogP contribution in [-0.4, -0.2) is 37.3 Å². The number of nitrogens with zero attached hydrogens (tertiary/aromatic N) is 1. The summed E-state index contributed by atoms with van der Waals surface area (Å²) in [5.74, 6) is -0.444. The van der Waals surface area contributed by atoms with Crippen molar-refractivity contribution < 1.29 is 9.18 Å². The number of halogens is 1. The standard InChI is InChI=1S/C7H11BFNO/c1-7(9)2-4-10(5-3-7)6(8)11/h2-5H2,1H3. The van der Waals surface area contributed by atoms with Crippen LogP contribution >= 0.6 is 0 Å². The maximum absolute atomic E-state index is 13.1. The van der Waals surface area contributed by atoms with Crippen molar-refractivity contribution in [2.75, 3.05) is 13.1 Å². The number of piperidine rings is 1. The summed E-state index contributed by atoms with van der Waals surface area (Å²) in [5, 5.41) is 0. The van der Waals surface area contributed by atoms with Gasteiger partial charge in [0.1, 0.15) is 5.67 Å². The topological polar surface area (TPSA) is 20.3 Å². The van der Waals surface area contributed by atoms with Crippen LogP contribution < -0.4 is 0 Å². The highest BCUT2D eigenvalue weighted by Gasteiger charge is 2.29. The van der Waals surface area contributed by atoms with Gasteiger partial charge >= 0.3 is 0 Å². The van der Waals surface area contributed by atoms with Gasteiger partial charge in [-0.1, -0.05) is 0 Å². The van der Waals surface area contributed by atoms with Crippen LogP contribution in [0.25, 0.3) is 0 Å². The lowest BCUT2D eigenvalue weighted by Crippen LogP contribution is -2.42. The van der Waals surface area contributed by atoms with Crippen molar-refractivity contribution in [2.24, 2.45) is 0 Å². The molecule has 1 heterocycles. The number of hydrogen-bond donors (Lipinski definition) is 0. The Morgan fingerprint density at radius 2 is 2.00 bits per heavy atom. The first-order chi connectivity index (χ1) is 5.01.